The second kappa shape index (κ2) is 6.46. The lowest BCUT2D eigenvalue weighted by Crippen LogP contribution is -2.05. The summed E-state index contributed by atoms with van der Waals surface area (Å²) in [5, 5.41) is 0. The van der Waals surface area contributed by atoms with E-state index in [1.54, 1.807) is 6.07 Å². The first-order valence-corrected chi connectivity index (χ1v) is 7.03. The summed E-state index contributed by atoms with van der Waals surface area (Å²) in [4.78, 5) is 3.97. The van der Waals surface area contributed by atoms with Crippen LogP contribution in [0.2, 0.25) is 0 Å². The minimum Gasteiger partial charge on any atom is -0.497 e. The van der Waals surface area contributed by atoms with Gasteiger partial charge >= 0.3 is 6.18 Å². The molecule has 2 rings (SSSR count). The van der Waals surface area contributed by atoms with Gasteiger partial charge in [-0.1, -0.05) is 18.2 Å². The molecule has 2 aromatic rings. The molecule has 110 valence electrons. The largest absolute Gasteiger partial charge is 0.497 e. The highest BCUT2D eigenvalue weighted by atomic mass is 127. The average Bonchev–Trinajstić information content (AvgIpc) is 2.45. The van der Waals surface area contributed by atoms with Gasteiger partial charge in [0, 0.05) is 15.3 Å². The highest BCUT2D eigenvalue weighted by Crippen LogP contribution is 2.38. The summed E-state index contributed by atoms with van der Waals surface area (Å²) in [6.45, 7) is 0. The van der Waals surface area contributed by atoms with Gasteiger partial charge in [-0.2, -0.15) is 13.2 Å². The van der Waals surface area contributed by atoms with Crippen molar-refractivity contribution >= 4 is 34.5 Å². The molecule has 0 aliphatic rings. The molecule has 0 bridgehead atoms. The summed E-state index contributed by atoms with van der Waals surface area (Å²) in [6, 6.07) is 11.0. The summed E-state index contributed by atoms with van der Waals surface area (Å²) in [5.41, 5.74) is -0.186. The Morgan fingerprint density at radius 3 is 2.48 bits per heavy atom. The maximum atomic E-state index is 13.0. The second-order valence-corrected chi connectivity index (χ2v) is 5.32. The molecule has 0 amide bonds. The zero-order valence-electron chi connectivity index (χ0n) is 11.0. The van der Waals surface area contributed by atoms with E-state index < -0.39 is 11.7 Å². The molecular formula is C15H11F3INO. The fraction of sp³-hybridized carbons (Fsp3) is 0.133. The fourth-order valence-electron chi connectivity index (χ4n) is 1.70. The number of nitrogens with zero attached hydrogens (tertiary/aromatic N) is 1. The van der Waals surface area contributed by atoms with Crippen LogP contribution in [0.15, 0.2) is 47.5 Å². The molecular weight excluding hydrogens is 394 g/mol. The number of hydrogen-bond acceptors (Lipinski definition) is 2. The van der Waals surface area contributed by atoms with E-state index in [-0.39, 0.29) is 11.4 Å². The van der Waals surface area contributed by atoms with Gasteiger partial charge in [-0.15, -0.1) is 0 Å². The van der Waals surface area contributed by atoms with Crippen molar-refractivity contribution in [2.45, 2.75) is 6.18 Å². The molecule has 0 fully saturated rings. The Bertz CT molecular complexity index is 668. The van der Waals surface area contributed by atoms with Crippen molar-refractivity contribution in [3.63, 3.8) is 0 Å². The third kappa shape index (κ3) is 3.96. The van der Waals surface area contributed by atoms with Gasteiger partial charge in [0.15, 0.2) is 0 Å². The van der Waals surface area contributed by atoms with E-state index >= 15 is 0 Å². The summed E-state index contributed by atoms with van der Waals surface area (Å²) >= 11 is 2.11. The lowest BCUT2D eigenvalue weighted by Gasteiger charge is -2.11. The van der Waals surface area contributed by atoms with Crippen molar-refractivity contribution in [2.24, 2.45) is 4.99 Å². The van der Waals surface area contributed by atoms with E-state index in [0.717, 1.165) is 15.2 Å². The SMILES string of the molecule is COc1ccc(N=Cc2ccccc2I)c(C(F)(F)F)c1. The standard InChI is InChI=1S/C15H11F3INO/c1-21-11-6-7-14(12(8-11)15(16,17)18)20-9-10-4-2-3-5-13(10)19/h2-9H,1H3. The van der Waals surface area contributed by atoms with Crippen LogP contribution < -0.4 is 4.74 Å². The van der Waals surface area contributed by atoms with Crippen LogP contribution >= 0.6 is 22.6 Å². The summed E-state index contributed by atoms with van der Waals surface area (Å²) < 4.78 is 44.9. The van der Waals surface area contributed by atoms with Crippen LogP contribution in [0.3, 0.4) is 0 Å². The molecule has 0 radical (unpaired) electrons. The second-order valence-electron chi connectivity index (χ2n) is 4.16. The summed E-state index contributed by atoms with van der Waals surface area (Å²) in [5.74, 6) is 0.149. The summed E-state index contributed by atoms with van der Waals surface area (Å²) in [7, 11) is 1.32. The summed E-state index contributed by atoms with van der Waals surface area (Å²) in [6.07, 6.45) is -3.05. The first kappa shape index (κ1) is 15.8. The first-order chi connectivity index (χ1) is 9.91. The predicted octanol–water partition coefficient (Wildman–Crippen LogP) is 5.07. The van der Waals surface area contributed by atoms with Gasteiger partial charge in [0.2, 0.25) is 0 Å². The van der Waals surface area contributed by atoms with Crippen LogP contribution in [0.5, 0.6) is 5.75 Å². The van der Waals surface area contributed by atoms with Crippen molar-refractivity contribution in [3.05, 3.63) is 57.2 Å². The van der Waals surface area contributed by atoms with Crippen LogP contribution in [0, 0.1) is 3.57 Å². The predicted molar refractivity (Wildman–Crippen MR) is 84.4 cm³/mol. The molecule has 0 unspecified atom stereocenters. The van der Waals surface area contributed by atoms with Crippen molar-refractivity contribution in [1.82, 2.24) is 0 Å². The van der Waals surface area contributed by atoms with Gasteiger partial charge in [-0.25, -0.2) is 0 Å². The zero-order valence-corrected chi connectivity index (χ0v) is 13.1. The maximum absolute atomic E-state index is 13.0. The molecule has 0 spiro atoms. The lowest BCUT2D eigenvalue weighted by molar-refractivity contribution is -0.137. The Balaban J connectivity index is 2.42. The van der Waals surface area contributed by atoms with Crippen LogP contribution in [0.25, 0.3) is 0 Å². The number of benzene rings is 2. The Labute approximate surface area is 133 Å². The van der Waals surface area contributed by atoms with Gasteiger partial charge in [0.1, 0.15) is 5.75 Å². The Hall–Kier alpha value is -1.57. The number of aliphatic imine (C=N–C) groups is 1. The lowest BCUT2D eigenvalue weighted by atomic mass is 10.1. The minimum absolute atomic E-state index is 0.136. The molecule has 0 aromatic heterocycles. The molecule has 6 heteroatoms. The van der Waals surface area contributed by atoms with Crippen molar-refractivity contribution in [3.8, 4) is 5.75 Å². The van der Waals surface area contributed by atoms with Crippen LogP contribution in [-0.4, -0.2) is 13.3 Å². The molecule has 0 heterocycles. The van der Waals surface area contributed by atoms with E-state index in [9.17, 15) is 13.2 Å². The Kier molecular flexibility index (Phi) is 4.87. The molecule has 2 nitrogen and oxygen atoms in total. The van der Waals surface area contributed by atoms with Gasteiger partial charge in [0.05, 0.1) is 18.4 Å². The van der Waals surface area contributed by atoms with Crippen LogP contribution in [0.1, 0.15) is 11.1 Å². The third-order valence-electron chi connectivity index (χ3n) is 2.76. The van der Waals surface area contributed by atoms with Crippen molar-refractivity contribution in [1.29, 1.82) is 0 Å². The topological polar surface area (TPSA) is 21.6 Å². The highest BCUT2D eigenvalue weighted by molar-refractivity contribution is 14.1. The molecule has 2 aromatic carbocycles. The average molecular weight is 405 g/mol. The van der Waals surface area contributed by atoms with Crippen molar-refractivity contribution in [2.75, 3.05) is 7.11 Å². The fourth-order valence-corrected chi connectivity index (χ4v) is 2.23. The molecule has 0 saturated heterocycles. The van der Waals surface area contributed by atoms with E-state index in [0.29, 0.717) is 0 Å². The Morgan fingerprint density at radius 1 is 1.14 bits per heavy atom. The van der Waals surface area contributed by atoms with E-state index in [4.69, 9.17) is 4.74 Å². The van der Waals surface area contributed by atoms with Crippen LogP contribution in [-0.2, 0) is 6.18 Å². The van der Waals surface area contributed by atoms with E-state index in [1.165, 1.54) is 25.5 Å². The molecule has 0 N–H and O–H groups in total. The first-order valence-electron chi connectivity index (χ1n) is 5.95. The van der Waals surface area contributed by atoms with Gasteiger partial charge in [0.25, 0.3) is 0 Å². The van der Waals surface area contributed by atoms with Gasteiger partial charge in [-0.05, 0) is 46.9 Å². The quantitative estimate of drug-likeness (QED) is 0.516. The normalized spacial score (nSPS) is 11.9. The monoisotopic (exact) mass is 405 g/mol. The van der Waals surface area contributed by atoms with E-state index in [2.05, 4.69) is 27.6 Å². The molecule has 0 saturated carbocycles. The highest BCUT2D eigenvalue weighted by Gasteiger charge is 2.34. The van der Waals surface area contributed by atoms with Crippen molar-refractivity contribution < 1.29 is 17.9 Å². The zero-order chi connectivity index (χ0) is 15.5. The molecule has 0 aliphatic heterocycles. The number of halogens is 4. The Morgan fingerprint density at radius 2 is 1.86 bits per heavy atom. The third-order valence-corrected chi connectivity index (χ3v) is 3.74. The van der Waals surface area contributed by atoms with Gasteiger partial charge in [-0.3, -0.25) is 4.99 Å². The molecule has 0 aliphatic carbocycles. The smallest absolute Gasteiger partial charge is 0.418 e. The number of hydrogen-bond donors (Lipinski definition) is 0. The van der Waals surface area contributed by atoms with Crippen LogP contribution in [0.4, 0.5) is 18.9 Å². The number of methoxy groups -OCH3 is 1. The molecule has 0 atom stereocenters. The van der Waals surface area contributed by atoms with E-state index in [1.807, 2.05) is 18.2 Å². The number of rotatable bonds is 3. The number of ether oxygens (including phenoxy) is 1. The maximum Gasteiger partial charge on any atom is 0.418 e. The number of alkyl halides is 3. The van der Waals surface area contributed by atoms with Gasteiger partial charge < -0.3 is 4.74 Å². The molecule has 21 heavy (non-hydrogen) atoms. The minimum atomic E-state index is -4.48.